The molecule has 2 N–H and O–H groups in total. The molecule has 0 fully saturated rings. The van der Waals surface area contributed by atoms with Gasteiger partial charge in [0.25, 0.3) is 0 Å². The van der Waals surface area contributed by atoms with Crippen molar-refractivity contribution < 1.29 is 0 Å². The van der Waals surface area contributed by atoms with E-state index in [1.807, 2.05) is 12.4 Å². The molecule has 0 bridgehead atoms. The highest BCUT2D eigenvalue weighted by Gasteiger charge is 1.99. The molecule has 0 saturated carbocycles. The molecule has 16 heavy (non-hydrogen) atoms. The van der Waals surface area contributed by atoms with Crippen LogP contribution < -0.4 is 10.6 Å². The summed E-state index contributed by atoms with van der Waals surface area (Å²) in [5.41, 5.74) is 1.37. The fraction of sp³-hybridized carbons (Fsp3) is 0.615. The Morgan fingerprint density at radius 3 is 2.75 bits per heavy atom. The van der Waals surface area contributed by atoms with E-state index < -0.39 is 0 Å². The maximum Gasteiger partial charge on any atom is 0.0270 e. The molecule has 1 unspecified atom stereocenters. The molecule has 1 aromatic heterocycles. The first-order valence-corrected chi connectivity index (χ1v) is 6.16. The molecule has 1 heterocycles. The highest BCUT2D eigenvalue weighted by Crippen LogP contribution is 1.99. The normalized spacial score (nSPS) is 12.6. The zero-order chi connectivity index (χ0) is 11.6. The fourth-order valence-electron chi connectivity index (χ4n) is 1.62. The minimum absolute atomic E-state index is 0.553. The molecule has 90 valence electrons. The summed E-state index contributed by atoms with van der Waals surface area (Å²) in [5.74, 6) is 0. The van der Waals surface area contributed by atoms with Crippen molar-refractivity contribution in [2.45, 2.75) is 32.7 Å². The van der Waals surface area contributed by atoms with E-state index in [1.165, 1.54) is 12.0 Å². The summed E-state index contributed by atoms with van der Waals surface area (Å²) in [6, 6.07) is 4.72. The van der Waals surface area contributed by atoms with Crippen molar-refractivity contribution in [1.29, 1.82) is 0 Å². The number of pyridine rings is 1. The third-order valence-corrected chi connectivity index (χ3v) is 2.58. The van der Waals surface area contributed by atoms with Crippen molar-refractivity contribution in [2.24, 2.45) is 0 Å². The minimum atomic E-state index is 0.553. The van der Waals surface area contributed by atoms with E-state index in [1.54, 1.807) is 0 Å². The van der Waals surface area contributed by atoms with Crippen molar-refractivity contribution in [1.82, 2.24) is 15.6 Å². The predicted octanol–water partition coefficient (Wildman–Crippen LogP) is 1.60. The molecule has 0 aliphatic heterocycles. The van der Waals surface area contributed by atoms with E-state index in [0.29, 0.717) is 6.04 Å². The van der Waals surface area contributed by atoms with Crippen LogP contribution >= 0.6 is 0 Å². The van der Waals surface area contributed by atoms with Gasteiger partial charge in [-0.2, -0.15) is 0 Å². The molecule has 0 spiro atoms. The van der Waals surface area contributed by atoms with Gasteiger partial charge in [-0.1, -0.05) is 6.92 Å². The molecule has 0 radical (unpaired) electrons. The van der Waals surface area contributed by atoms with Crippen LogP contribution in [0.4, 0.5) is 0 Å². The number of likely N-dealkylation sites (N-methyl/N-ethyl adjacent to an activating group) is 1. The van der Waals surface area contributed by atoms with Gasteiger partial charge in [-0.15, -0.1) is 0 Å². The number of aromatic nitrogens is 1. The van der Waals surface area contributed by atoms with Gasteiger partial charge in [-0.05, 0) is 50.6 Å². The second-order valence-electron chi connectivity index (χ2n) is 4.12. The van der Waals surface area contributed by atoms with Crippen molar-refractivity contribution in [3.05, 3.63) is 30.1 Å². The number of nitrogens with zero attached hydrogens (tertiary/aromatic N) is 1. The van der Waals surface area contributed by atoms with Gasteiger partial charge < -0.3 is 10.6 Å². The van der Waals surface area contributed by atoms with Crippen LogP contribution in [0.25, 0.3) is 0 Å². The Bertz CT molecular complexity index is 261. The molecule has 0 amide bonds. The summed E-state index contributed by atoms with van der Waals surface area (Å²) >= 11 is 0. The predicted molar refractivity (Wildman–Crippen MR) is 68.6 cm³/mol. The standard InChI is InChI=1S/C13H23N3/c1-3-14-11-12(2)16-8-4-5-13-6-9-15-10-7-13/h6-7,9-10,12,14,16H,3-5,8,11H2,1-2H3. The van der Waals surface area contributed by atoms with Crippen LogP contribution in [-0.2, 0) is 6.42 Å². The maximum absolute atomic E-state index is 4.01. The fourth-order valence-corrected chi connectivity index (χ4v) is 1.62. The number of hydrogen-bond donors (Lipinski definition) is 2. The lowest BCUT2D eigenvalue weighted by Gasteiger charge is -2.13. The molecule has 1 aromatic rings. The van der Waals surface area contributed by atoms with Crippen LogP contribution in [0, 0.1) is 0 Å². The molecule has 0 aliphatic rings. The monoisotopic (exact) mass is 221 g/mol. The van der Waals surface area contributed by atoms with Crippen molar-refractivity contribution >= 4 is 0 Å². The van der Waals surface area contributed by atoms with Gasteiger partial charge in [0.2, 0.25) is 0 Å². The minimum Gasteiger partial charge on any atom is -0.315 e. The van der Waals surface area contributed by atoms with Gasteiger partial charge in [0.15, 0.2) is 0 Å². The topological polar surface area (TPSA) is 37.0 Å². The highest BCUT2D eigenvalue weighted by atomic mass is 15.0. The lowest BCUT2D eigenvalue weighted by molar-refractivity contribution is 0.502. The van der Waals surface area contributed by atoms with E-state index in [-0.39, 0.29) is 0 Å². The zero-order valence-electron chi connectivity index (χ0n) is 10.4. The number of hydrogen-bond acceptors (Lipinski definition) is 3. The Hall–Kier alpha value is -0.930. The summed E-state index contributed by atoms with van der Waals surface area (Å²) in [7, 11) is 0. The summed E-state index contributed by atoms with van der Waals surface area (Å²) in [6.07, 6.45) is 6.02. The lowest BCUT2D eigenvalue weighted by Crippen LogP contribution is -2.36. The largest absolute Gasteiger partial charge is 0.315 e. The van der Waals surface area contributed by atoms with Gasteiger partial charge in [-0.25, -0.2) is 0 Å². The van der Waals surface area contributed by atoms with Gasteiger partial charge in [0.1, 0.15) is 0 Å². The Kier molecular flexibility index (Phi) is 6.77. The van der Waals surface area contributed by atoms with Crippen LogP contribution in [0.2, 0.25) is 0 Å². The SMILES string of the molecule is CCNCC(C)NCCCc1ccncc1. The second-order valence-corrected chi connectivity index (χ2v) is 4.12. The average Bonchev–Trinajstić information content (AvgIpc) is 2.33. The van der Waals surface area contributed by atoms with Crippen LogP contribution in [-0.4, -0.2) is 30.7 Å². The van der Waals surface area contributed by atoms with E-state index in [2.05, 4.69) is 41.6 Å². The Labute approximate surface area is 98.7 Å². The van der Waals surface area contributed by atoms with Crippen LogP contribution in [0.3, 0.4) is 0 Å². The van der Waals surface area contributed by atoms with Crippen LogP contribution in [0.1, 0.15) is 25.8 Å². The molecule has 3 nitrogen and oxygen atoms in total. The first kappa shape index (κ1) is 13.1. The van der Waals surface area contributed by atoms with Crippen molar-refractivity contribution in [2.75, 3.05) is 19.6 Å². The third-order valence-electron chi connectivity index (χ3n) is 2.58. The van der Waals surface area contributed by atoms with E-state index in [0.717, 1.165) is 26.1 Å². The Morgan fingerprint density at radius 2 is 2.06 bits per heavy atom. The van der Waals surface area contributed by atoms with Gasteiger partial charge >= 0.3 is 0 Å². The van der Waals surface area contributed by atoms with E-state index in [9.17, 15) is 0 Å². The molecule has 3 heteroatoms. The lowest BCUT2D eigenvalue weighted by atomic mass is 10.1. The quantitative estimate of drug-likeness (QED) is 0.655. The van der Waals surface area contributed by atoms with Gasteiger partial charge in [-0.3, -0.25) is 4.98 Å². The Morgan fingerprint density at radius 1 is 1.31 bits per heavy atom. The van der Waals surface area contributed by atoms with E-state index in [4.69, 9.17) is 0 Å². The number of aryl methyl sites for hydroxylation is 1. The highest BCUT2D eigenvalue weighted by molar-refractivity contribution is 5.09. The Balaban J connectivity index is 2.03. The summed E-state index contributed by atoms with van der Waals surface area (Å²) in [5, 5.41) is 6.85. The van der Waals surface area contributed by atoms with E-state index >= 15 is 0 Å². The molecule has 0 aliphatic carbocycles. The van der Waals surface area contributed by atoms with Crippen molar-refractivity contribution in [3.63, 3.8) is 0 Å². The third kappa shape index (κ3) is 5.83. The smallest absolute Gasteiger partial charge is 0.0270 e. The van der Waals surface area contributed by atoms with Gasteiger partial charge in [0, 0.05) is 25.0 Å². The molecular formula is C13H23N3. The molecule has 1 atom stereocenters. The first-order chi connectivity index (χ1) is 7.83. The second kappa shape index (κ2) is 8.25. The maximum atomic E-state index is 4.01. The van der Waals surface area contributed by atoms with Gasteiger partial charge in [0.05, 0.1) is 0 Å². The first-order valence-electron chi connectivity index (χ1n) is 6.16. The molecule has 0 saturated heterocycles. The van der Waals surface area contributed by atoms with Crippen LogP contribution in [0.15, 0.2) is 24.5 Å². The molecule has 0 aromatic carbocycles. The number of nitrogens with one attached hydrogen (secondary N) is 2. The zero-order valence-corrected chi connectivity index (χ0v) is 10.4. The average molecular weight is 221 g/mol. The summed E-state index contributed by atoms with van der Waals surface area (Å²) < 4.78 is 0. The number of rotatable bonds is 8. The molecule has 1 rings (SSSR count). The molecular weight excluding hydrogens is 198 g/mol. The van der Waals surface area contributed by atoms with Crippen LogP contribution in [0.5, 0.6) is 0 Å². The summed E-state index contributed by atoms with van der Waals surface area (Å²) in [4.78, 5) is 4.01. The van der Waals surface area contributed by atoms with Crippen molar-refractivity contribution in [3.8, 4) is 0 Å². The summed E-state index contributed by atoms with van der Waals surface area (Å²) in [6.45, 7) is 7.52.